The van der Waals surface area contributed by atoms with Crippen LogP contribution in [0.3, 0.4) is 0 Å². The fourth-order valence-electron chi connectivity index (χ4n) is 0.917. The van der Waals surface area contributed by atoms with E-state index in [0.29, 0.717) is 6.20 Å². The first kappa shape index (κ1) is 12.0. The maximum absolute atomic E-state index is 12.3. The van der Waals surface area contributed by atoms with E-state index in [2.05, 4.69) is 4.98 Å². The Morgan fingerprint density at radius 2 is 2.13 bits per heavy atom. The monoisotopic (exact) mass is 237 g/mol. The number of aromatic nitrogens is 1. The highest BCUT2D eigenvalue weighted by atomic mass is 35.5. The van der Waals surface area contributed by atoms with Crippen LogP contribution in [0.25, 0.3) is 6.08 Å². The summed E-state index contributed by atoms with van der Waals surface area (Å²) in [5.74, 6) is 0. The van der Waals surface area contributed by atoms with Crippen molar-refractivity contribution >= 4 is 17.7 Å². The minimum Gasteiger partial charge on any atom is -0.392 e. The Bertz CT molecular complexity index is 376. The Balaban J connectivity index is 3.11. The van der Waals surface area contributed by atoms with E-state index < -0.39 is 11.7 Å². The molecule has 0 atom stereocenters. The second-order valence-electron chi connectivity index (χ2n) is 2.69. The fourth-order valence-corrected chi connectivity index (χ4v) is 1.08. The van der Waals surface area contributed by atoms with Crippen molar-refractivity contribution in [1.29, 1.82) is 0 Å². The summed E-state index contributed by atoms with van der Waals surface area (Å²) in [6.07, 6.45) is -1.22. The van der Waals surface area contributed by atoms with Gasteiger partial charge in [0, 0.05) is 11.8 Å². The van der Waals surface area contributed by atoms with Gasteiger partial charge in [0.1, 0.15) is 5.15 Å². The molecule has 0 saturated heterocycles. The second-order valence-corrected chi connectivity index (χ2v) is 3.04. The van der Waals surface area contributed by atoms with Crippen molar-refractivity contribution in [3.63, 3.8) is 0 Å². The lowest BCUT2D eigenvalue weighted by atomic mass is 10.2. The van der Waals surface area contributed by atoms with Gasteiger partial charge in [0.2, 0.25) is 0 Å². The average molecular weight is 238 g/mol. The van der Waals surface area contributed by atoms with Crippen LogP contribution in [0.4, 0.5) is 13.2 Å². The molecular weight excluding hydrogens is 231 g/mol. The summed E-state index contributed by atoms with van der Waals surface area (Å²) >= 11 is 5.57. The number of hydrogen-bond donors (Lipinski definition) is 1. The summed E-state index contributed by atoms with van der Waals surface area (Å²) in [6, 6.07) is 0.876. The molecule has 15 heavy (non-hydrogen) atoms. The van der Waals surface area contributed by atoms with Crippen LogP contribution in [0.1, 0.15) is 11.1 Å². The number of hydrogen-bond acceptors (Lipinski definition) is 2. The number of pyridine rings is 1. The number of alkyl halides is 3. The highest BCUT2D eigenvalue weighted by Gasteiger charge is 2.31. The quantitative estimate of drug-likeness (QED) is 0.803. The standard InChI is InChI=1S/C9H7ClF3NO/c10-8-6(2-1-3-15)4-7(5-14-8)9(11,12)13/h1-2,4-5,15H,3H2/b2-1+. The average Bonchev–Trinajstić information content (AvgIpc) is 2.15. The van der Waals surface area contributed by atoms with Crippen LogP contribution in [0.5, 0.6) is 0 Å². The molecule has 0 spiro atoms. The van der Waals surface area contributed by atoms with E-state index in [1.165, 1.54) is 12.2 Å². The molecule has 1 heterocycles. The van der Waals surface area contributed by atoms with E-state index in [-0.39, 0.29) is 17.3 Å². The zero-order valence-electron chi connectivity index (χ0n) is 7.42. The number of aliphatic hydroxyl groups excluding tert-OH is 1. The molecule has 1 aromatic rings. The summed E-state index contributed by atoms with van der Waals surface area (Å²) in [4.78, 5) is 3.41. The number of nitrogens with zero attached hydrogens (tertiary/aromatic N) is 1. The molecule has 0 radical (unpaired) electrons. The van der Waals surface area contributed by atoms with Crippen LogP contribution in [-0.2, 0) is 6.18 Å². The van der Waals surface area contributed by atoms with Gasteiger partial charge in [-0.2, -0.15) is 13.2 Å². The first-order chi connectivity index (χ1) is 6.95. The lowest BCUT2D eigenvalue weighted by molar-refractivity contribution is -0.137. The minimum absolute atomic E-state index is 0.0345. The molecule has 0 fully saturated rings. The van der Waals surface area contributed by atoms with Crippen molar-refractivity contribution in [2.24, 2.45) is 0 Å². The van der Waals surface area contributed by atoms with Gasteiger partial charge in [0.05, 0.1) is 12.2 Å². The van der Waals surface area contributed by atoms with Crippen LogP contribution in [0.15, 0.2) is 18.3 Å². The molecule has 1 rings (SSSR count). The molecule has 6 heteroatoms. The summed E-state index contributed by atoms with van der Waals surface area (Å²) in [7, 11) is 0. The molecule has 1 aromatic heterocycles. The Kier molecular flexibility index (Phi) is 3.71. The summed E-state index contributed by atoms with van der Waals surface area (Å²) in [5.41, 5.74) is -0.745. The van der Waals surface area contributed by atoms with Gasteiger partial charge in [-0.25, -0.2) is 4.98 Å². The van der Waals surface area contributed by atoms with Crippen molar-refractivity contribution < 1.29 is 18.3 Å². The van der Waals surface area contributed by atoms with Crippen LogP contribution < -0.4 is 0 Å². The summed E-state index contributed by atoms with van der Waals surface area (Å²) in [5, 5.41) is 8.44. The SMILES string of the molecule is OC/C=C/c1cc(C(F)(F)F)cnc1Cl. The van der Waals surface area contributed by atoms with Gasteiger partial charge in [-0.3, -0.25) is 0 Å². The van der Waals surface area contributed by atoms with Crippen molar-refractivity contribution in [2.75, 3.05) is 6.61 Å². The van der Waals surface area contributed by atoms with Gasteiger partial charge in [0.15, 0.2) is 0 Å². The zero-order chi connectivity index (χ0) is 11.5. The molecule has 1 N–H and O–H groups in total. The molecule has 0 saturated carbocycles. The van der Waals surface area contributed by atoms with Crippen molar-refractivity contribution in [3.8, 4) is 0 Å². The predicted octanol–water partition coefficient (Wildman–Crippen LogP) is 2.76. The molecule has 82 valence electrons. The van der Waals surface area contributed by atoms with E-state index in [1.807, 2.05) is 0 Å². The maximum atomic E-state index is 12.3. The third-order valence-electron chi connectivity index (χ3n) is 1.60. The van der Waals surface area contributed by atoms with Gasteiger partial charge in [-0.05, 0) is 6.07 Å². The minimum atomic E-state index is -4.45. The van der Waals surface area contributed by atoms with Crippen LogP contribution in [0.2, 0.25) is 5.15 Å². The Morgan fingerprint density at radius 3 is 2.67 bits per heavy atom. The van der Waals surface area contributed by atoms with E-state index in [4.69, 9.17) is 16.7 Å². The number of aliphatic hydroxyl groups is 1. The molecule has 0 aromatic carbocycles. The largest absolute Gasteiger partial charge is 0.417 e. The van der Waals surface area contributed by atoms with Crippen LogP contribution >= 0.6 is 11.6 Å². The van der Waals surface area contributed by atoms with E-state index >= 15 is 0 Å². The van der Waals surface area contributed by atoms with Gasteiger partial charge < -0.3 is 5.11 Å². The van der Waals surface area contributed by atoms with Crippen LogP contribution in [-0.4, -0.2) is 16.7 Å². The van der Waals surface area contributed by atoms with Crippen molar-refractivity contribution in [1.82, 2.24) is 4.98 Å². The Morgan fingerprint density at radius 1 is 1.47 bits per heavy atom. The van der Waals surface area contributed by atoms with Crippen LogP contribution in [0, 0.1) is 0 Å². The van der Waals surface area contributed by atoms with Gasteiger partial charge >= 0.3 is 6.18 Å². The molecule has 0 aliphatic carbocycles. The fraction of sp³-hybridized carbons (Fsp3) is 0.222. The van der Waals surface area contributed by atoms with E-state index in [1.54, 1.807) is 0 Å². The Labute approximate surface area is 89.0 Å². The predicted molar refractivity (Wildman–Crippen MR) is 50.4 cm³/mol. The second kappa shape index (κ2) is 4.63. The third-order valence-corrected chi connectivity index (χ3v) is 1.91. The lowest BCUT2D eigenvalue weighted by Crippen LogP contribution is -2.05. The van der Waals surface area contributed by atoms with E-state index in [0.717, 1.165) is 6.07 Å². The van der Waals surface area contributed by atoms with Crippen molar-refractivity contribution in [2.45, 2.75) is 6.18 Å². The topological polar surface area (TPSA) is 33.1 Å². The van der Waals surface area contributed by atoms with Gasteiger partial charge in [-0.15, -0.1) is 0 Å². The normalized spacial score (nSPS) is 12.3. The van der Waals surface area contributed by atoms with Gasteiger partial charge in [-0.1, -0.05) is 23.8 Å². The Hall–Kier alpha value is -1.07. The number of halogens is 4. The molecule has 0 aliphatic rings. The van der Waals surface area contributed by atoms with Crippen molar-refractivity contribution in [3.05, 3.63) is 34.6 Å². The van der Waals surface area contributed by atoms with Gasteiger partial charge in [0.25, 0.3) is 0 Å². The highest BCUT2D eigenvalue weighted by molar-refractivity contribution is 6.30. The first-order valence-electron chi connectivity index (χ1n) is 3.95. The summed E-state index contributed by atoms with van der Waals surface area (Å²) in [6.45, 7) is -0.271. The van der Waals surface area contributed by atoms with E-state index in [9.17, 15) is 13.2 Å². The summed E-state index contributed by atoms with van der Waals surface area (Å²) < 4.78 is 36.8. The highest BCUT2D eigenvalue weighted by Crippen LogP contribution is 2.30. The smallest absolute Gasteiger partial charge is 0.392 e. The number of rotatable bonds is 2. The lowest BCUT2D eigenvalue weighted by Gasteiger charge is -2.07. The first-order valence-corrected chi connectivity index (χ1v) is 4.33. The maximum Gasteiger partial charge on any atom is 0.417 e. The zero-order valence-corrected chi connectivity index (χ0v) is 8.18. The molecule has 0 aliphatic heterocycles. The third kappa shape index (κ3) is 3.21. The molecule has 0 unspecified atom stereocenters. The molecule has 0 bridgehead atoms. The molecule has 2 nitrogen and oxygen atoms in total. The molecule has 0 amide bonds. The molecular formula is C9H7ClF3NO.